The molecule has 6 heteroatoms. The molecule has 0 aliphatic rings. The number of nitrogens with one attached hydrogen (secondary N) is 1. The van der Waals surface area contributed by atoms with Gasteiger partial charge in [-0.05, 0) is 40.2 Å². The molecule has 1 heterocycles. The standard InChI is InChI=1S/C22H15BrClN3O/c23-17-13-7-8-14-18(17)25-21-22(28)27(16-11-5-2-6-12-16)19(20(24)26-21)15-9-3-1-4-10-15/h1-14H,(H,25,26). The highest BCUT2D eigenvalue weighted by Crippen LogP contribution is 2.30. The van der Waals surface area contributed by atoms with Crippen LogP contribution in [0.4, 0.5) is 11.5 Å². The van der Waals surface area contributed by atoms with Crippen molar-refractivity contribution in [3.63, 3.8) is 0 Å². The summed E-state index contributed by atoms with van der Waals surface area (Å²) in [4.78, 5) is 17.8. The van der Waals surface area contributed by atoms with Gasteiger partial charge in [0.05, 0.1) is 11.4 Å². The molecule has 4 aromatic rings. The molecule has 1 aromatic heterocycles. The fourth-order valence-electron chi connectivity index (χ4n) is 2.94. The van der Waals surface area contributed by atoms with Gasteiger partial charge in [-0.1, -0.05) is 72.3 Å². The molecule has 0 aliphatic heterocycles. The fourth-order valence-corrected chi connectivity index (χ4v) is 3.60. The lowest BCUT2D eigenvalue weighted by molar-refractivity contribution is 0.971. The number of nitrogens with zero attached hydrogens (tertiary/aromatic N) is 2. The Kier molecular flexibility index (Phi) is 5.28. The zero-order chi connectivity index (χ0) is 19.5. The average Bonchev–Trinajstić information content (AvgIpc) is 2.73. The molecule has 3 aromatic carbocycles. The van der Waals surface area contributed by atoms with Crippen LogP contribution in [-0.2, 0) is 0 Å². The monoisotopic (exact) mass is 451 g/mol. The number of hydrogen-bond acceptors (Lipinski definition) is 3. The first-order valence-corrected chi connectivity index (χ1v) is 9.77. The van der Waals surface area contributed by atoms with E-state index in [9.17, 15) is 4.79 Å². The highest BCUT2D eigenvalue weighted by molar-refractivity contribution is 9.10. The summed E-state index contributed by atoms with van der Waals surface area (Å²) in [6.45, 7) is 0. The van der Waals surface area contributed by atoms with Crippen LogP contribution in [0.3, 0.4) is 0 Å². The van der Waals surface area contributed by atoms with E-state index in [1.165, 1.54) is 0 Å². The van der Waals surface area contributed by atoms with Crippen molar-refractivity contribution in [1.29, 1.82) is 0 Å². The first-order chi connectivity index (χ1) is 13.6. The van der Waals surface area contributed by atoms with E-state index in [0.29, 0.717) is 11.4 Å². The summed E-state index contributed by atoms with van der Waals surface area (Å²) >= 11 is 10.1. The zero-order valence-electron chi connectivity index (χ0n) is 14.6. The predicted octanol–water partition coefficient (Wildman–Crippen LogP) is 6.06. The van der Waals surface area contributed by atoms with Crippen LogP contribution in [0.5, 0.6) is 0 Å². The number of anilines is 2. The minimum Gasteiger partial charge on any atom is -0.335 e. The Hall–Kier alpha value is -2.89. The summed E-state index contributed by atoms with van der Waals surface area (Å²) < 4.78 is 2.41. The number of para-hydroxylation sites is 2. The predicted molar refractivity (Wildman–Crippen MR) is 118 cm³/mol. The number of halogens is 2. The van der Waals surface area contributed by atoms with Crippen LogP contribution >= 0.6 is 27.5 Å². The minimum absolute atomic E-state index is 0.153. The van der Waals surface area contributed by atoms with Crippen LogP contribution in [0, 0.1) is 0 Å². The molecule has 1 N–H and O–H groups in total. The summed E-state index contributed by atoms with van der Waals surface area (Å²) in [5.41, 5.74) is 2.52. The van der Waals surface area contributed by atoms with Crippen molar-refractivity contribution in [2.24, 2.45) is 0 Å². The van der Waals surface area contributed by atoms with E-state index in [0.717, 1.165) is 15.7 Å². The molecule has 0 bridgehead atoms. The smallest absolute Gasteiger partial charge is 0.298 e. The molecule has 4 nitrogen and oxygen atoms in total. The van der Waals surface area contributed by atoms with E-state index >= 15 is 0 Å². The van der Waals surface area contributed by atoms with Crippen molar-refractivity contribution in [2.45, 2.75) is 0 Å². The lowest BCUT2D eigenvalue weighted by Gasteiger charge is -2.17. The van der Waals surface area contributed by atoms with Crippen LogP contribution < -0.4 is 10.9 Å². The number of hydrogen-bond donors (Lipinski definition) is 1. The zero-order valence-corrected chi connectivity index (χ0v) is 17.0. The number of benzene rings is 3. The van der Waals surface area contributed by atoms with Gasteiger partial charge in [-0.15, -0.1) is 0 Å². The summed E-state index contributed by atoms with van der Waals surface area (Å²) in [5.74, 6) is 0.153. The third kappa shape index (κ3) is 3.59. The Morgan fingerprint density at radius 3 is 2.14 bits per heavy atom. The van der Waals surface area contributed by atoms with Crippen LogP contribution in [0.1, 0.15) is 0 Å². The van der Waals surface area contributed by atoms with Crippen molar-refractivity contribution in [3.8, 4) is 16.9 Å². The minimum atomic E-state index is -0.287. The average molecular weight is 453 g/mol. The SMILES string of the molecule is O=c1c(Nc2ccccc2Br)nc(Cl)c(-c2ccccc2)n1-c1ccccc1. The fraction of sp³-hybridized carbons (Fsp3) is 0. The van der Waals surface area contributed by atoms with Gasteiger partial charge in [0, 0.05) is 15.7 Å². The maximum absolute atomic E-state index is 13.4. The number of aromatic nitrogens is 2. The second-order valence-corrected chi connectivity index (χ2v) is 7.26. The Morgan fingerprint density at radius 1 is 0.857 bits per heavy atom. The molecule has 0 amide bonds. The molecule has 0 spiro atoms. The Balaban J connectivity index is 1.96. The molecule has 138 valence electrons. The normalized spacial score (nSPS) is 10.6. The number of rotatable bonds is 4. The lowest BCUT2D eigenvalue weighted by Crippen LogP contribution is -2.24. The van der Waals surface area contributed by atoms with Gasteiger partial charge in [0.15, 0.2) is 11.0 Å². The molecular weight excluding hydrogens is 438 g/mol. The molecule has 0 saturated carbocycles. The highest BCUT2D eigenvalue weighted by atomic mass is 79.9. The molecule has 28 heavy (non-hydrogen) atoms. The third-order valence-corrected chi connectivity index (χ3v) is 5.18. The van der Waals surface area contributed by atoms with E-state index in [-0.39, 0.29) is 16.5 Å². The van der Waals surface area contributed by atoms with Gasteiger partial charge < -0.3 is 5.32 Å². The van der Waals surface area contributed by atoms with Crippen molar-refractivity contribution in [3.05, 3.63) is 105 Å². The quantitative estimate of drug-likeness (QED) is 0.409. The van der Waals surface area contributed by atoms with Gasteiger partial charge >= 0.3 is 0 Å². The Labute approximate surface area is 175 Å². The highest BCUT2D eigenvalue weighted by Gasteiger charge is 2.18. The second-order valence-electron chi connectivity index (χ2n) is 6.05. The molecule has 0 radical (unpaired) electrons. The van der Waals surface area contributed by atoms with Gasteiger partial charge in [-0.3, -0.25) is 9.36 Å². The third-order valence-electron chi connectivity index (χ3n) is 4.22. The van der Waals surface area contributed by atoms with Gasteiger partial charge in [-0.2, -0.15) is 0 Å². The van der Waals surface area contributed by atoms with Gasteiger partial charge in [0.1, 0.15) is 0 Å². The summed E-state index contributed by atoms with van der Waals surface area (Å²) in [6, 6.07) is 26.5. The van der Waals surface area contributed by atoms with Gasteiger partial charge in [0.25, 0.3) is 5.56 Å². The maximum atomic E-state index is 13.4. The topological polar surface area (TPSA) is 46.9 Å². The molecule has 0 atom stereocenters. The van der Waals surface area contributed by atoms with Crippen LogP contribution in [0.15, 0.2) is 94.2 Å². The van der Waals surface area contributed by atoms with E-state index in [4.69, 9.17) is 11.6 Å². The van der Waals surface area contributed by atoms with Crippen LogP contribution in [0.2, 0.25) is 5.15 Å². The molecule has 0 saturated heterocycles. The second kappa shape index (κ2) is 8.00. The van der Waals surface area contributed by atoms with Crippen LogP contribution in [0.25, 0.3) is 16.9 Å². The summed E-state index contributed by atoms with van der Waals surface area (Å²) in [7, 11) is 0. The van der Waals surface area contributed by atoms with Crippen LogP contribution in [-0.4, -0.2) is 9.55 Å². The Morgan fingerprint density at radius 2 is 1.46 bits per heavy atom. The first-order valence-electron chi connectivity index (χ1n) is 8.60. The van der Waals surface area contributed by atoms with Crippen molar-refractivity contribution < 1.29 is 0 Å². The molecular formula is C22H15BrClN3O. The summed E-state index contributed by atoms with van der Waals surface area (Å²) in [6.07, 6.45) is 0. The van der Waals surface area contributed by atoms with Gasteiger partial charge in [0.2, 0.25) is 0 Å². The molecule has 0 fully saturated rings. The van der Waals surface area contributed by atoms with Crippen molar-refractivity contribution in [1.82, 2.24) is 9.55 Å². The van der Waals surface area contributed by atoms with Crippen molar-refractivity contribution in [2.75, 3.05) is 5.32 Å². The van der Waals surface area contributed by atoms with E-state index in [1.807, 2.05) is 84.9 Å². The van der Waals surface area contributed by atoms with E-state index in [1.54, 1.807) is 4.57 Å². The maximum Gasteiger partial charge on any atom is 0.298 e. The summed E-state index contributed by atoms with van der Waals surface area (Å²) in [5, 5.41) is 3.33. The van der Waals surface area contributed by atoms with Crippen molar-refractivity contribution >= 4 is 39.0 Å². The van der Waals surface area contributed by atoms with Gasteiger partial charge in [-0.25, -0.2) is 4.98 Å². The molecule has 4 rings (SSSR count). The largest absolute Gasteiger partial charge is 0.335 e. The Bertz CT molecular complexity index is 1180. The molecule has 0 unspecified atom stereocenters. The van der Waals surface area contributed by atoms with E-state index in [2.05, 4.69) is 26.2 Å². The first kappa shape index (κ1) is 18.5. The lowest BCUT2D eigenvalue weighted by atomic mass is 10.1. The molecule has 0 aliphatic carbocycles. The van der Waals surface area contributed by atoms with E-state index < -0.39 is 0 Å².